The Balaban J connectivity index is 1.71. The number of rotatable bonds is 7. The molecule has 3 rings (SSSR count). The number of benzene rings is 2. The van der Waals surface area contributed by atoms with Crippen molar-refractivity contribution >= 4 is 12.6 Å². The molecule has 1 aliphatic heterocycles. The molecule has 5 heteroatoms. The summed E-state index contributed by atoms with van der Waals surface area (Å²) in [7, 11) is 0. The van der Waals surface area contributed by atoms with Gasteiger partial charge in [-0.1, -0.05) is 50.6 Å². The first-order valence-electron chi connectivity index (χ1n) is 10.1. The van der Waals surface area contributed by atoms with E-state index in [0.29, 0.717) is 18.6 Å². The minimum absolute atomic E-state index is 0.0411. The van der Waals surface area contributed by atoms with Gasteiger partial charge in [-0.05, 0) is 48.4 Å². The third-order valence-electron chi connectivity index (χ3n) is 5.22. The molecule has 1 saturated heterocycles. The van der Waals surface area contributed by atoms with Gasteiger partial charge in [0.1, 0.15) is 5.44 Å². The third kappa shape index (κ3) is 4.69. The molecule has 1 heterocycles. The highest BCUT2D eigenvalue weighted by Crippen LogP contribution is 2.42. The van der Waals surface area contributed by atoms with Crippen LogP contribution < -0.4 is 4.74 Å². The van der Waals surface area contributed by atoms with E-state index >= 15 is 0 Å². The predicted octanol–water partition coefficient (Wildman–Crippen LogP) is 6.60. The van der Waals surface area contributed by atoms with Gasteiger partial charge in [0.25, 0.3) is 0 Å². The second kappa shape index (κ2) is 9.75. The van der Waals surface area contributed by atoms with Gasteiger partial charge < -0.3 is 9.47 Å². The Morgan fingerprint density at radius 3 is 2.39 bits per heavy atom. The summed E-state index contributed by atoms with van der Waals surface area (Å²) in [6.45, 7) is 4.44. The van der Waals surface area contributed by atoms with Crippen LogP contribution in [0.25, 0.3) is 0 Å². The van der Waals surface area contributed by atoms with E-state index in [1.807, 2.05) is 6.92 Å². The highest BCUT2D eigenvalue weighted by Gasteiger charge is 2.33. The molecule has 2 nitrogen and oxygen atoms in total. The predicted molar refractivity (Wildman–Crippen MR) is 111 cm³/mol. The number of hydrogen-bond donors (Lipinski definition) is 1. The van der Waals surface area contributed by atoms with Crippen LogP contribution in [0.1, 0.15) is 68.2 Å². The van der Waals surface area contributed by atoms with Crippen LogP contribution in [0.3, 0.4) is 0 Å². The maximum Gasteiger partial charge on any atom is 0.200 e. The first-order valence-corrected chi connectivity index (χ1v) is 10.6. The van der Waals surface area contributed by atoms with Gasteiger partial charge in [-0.25, -0.2) is 4.39 Å². The van der Waals surface area contributed by atoms with Crippen LogP contribution in [-0.4, -0.2) is 12.0 Å². The quantitative estimate of drug-likeness (QED) is 0.522. The van der Waals surface area contributed by atoms with Crippen LogP contribution >= 0.6 is 12.6 Å². The number of hydrogen-bond acceptors (Lipinski definition) is 3. The topological polar surface area (TPSA) is 18.5 Å². The Morgan fingerprint density at radius 1 is 1.00 bits per heavy atom. The molecule has 0 saturated carbocycles. The fraction of sp³-hybridized carbons (Fsp3) is 0.478. The Labute approximate surface area is 171 Å². The number of halogens is 2. The van der Waals surface area contributed by atoms with E-state index in [1.165, 1.54) is 11.6 Å². The summed E-state index contributed by atoms with van der Waals surface area (Å²) in [5.41, 5.74) is 2.22. The van der Waals surface area contributed by atoms with Crippen molar-refractivity contribution in [3.05, 3.63) is 64.7 Å². The molecule has 0 bridgehead atoms. The van der Waals surface area contributed by atoms with Crippen LogP contribution in [0.5, 0.6) is 5.75 Å². The lowest BCUT2D eigenvalue weighted by Crippen LogP contribution is -2.27. The Morgan fingerprint density at radius 2 is 1.75 bits per heavy atom. The summed E-state index contributed by atoms with van der Waals surface area (Å²) in [5.74, 6) is -2.13. The average molecular weight is 407 g/mol. The molecule has 0 N–H and O–H groups in total. The summed E-state index contributed by atoms with van der Waals surface area (Å²) >= 11 is 4.55. The maximum absolute atomic E-state index is 14.6. The first kappa shape index (κ1) is 21.1. The van der Waals surface area contributed by atoms with E-state index in [9.17, 15) is 8.78 Å². The van der Waals surface area contributed by atoms with Crippen LogP contribution in [0.2, 0.25) is 0 Å². The summed E-state index contributed by atoms with van der Waals surface area (Å²) in [4.78, 5) is 0. The molecule has 28 heavy (non-hydrogen) atoms. The molecule has 3 atom stereocenters. The molecule has 0 amide bonds. The third-order valence-corrected chi connectivity index (χ3v) is 5.70. The van der Waals surface area contributed by atoms with Crippen molar-refractivity contribution in [1.29, 1.82) is 0 Å². The van der Waals surface area contributed by atoms with Crippen LogP contribution in [0.15, 0.2) is 36.4 Å². The largest absolute Gasteiger partial charge is 0.490 e. The van der Waals surface area contributed by atoms with Gasteiger partial charge in [-0.2, -0.15) is 4.39 Å². The van der Waals surface area contributed by atoms with E-state index in [-0.39, 0.29) is 17.8 Å². The van der Waals surface area contributed by atoms with Crippen molar-refractivity contribution in [3.63, 3.8) is 0 Å². The summed E-state index contributed by atoms with van der Waals surface area (Å²) in [5, 5.41) is 0. The lowest BCUT2D eigenvalue weighted by atomic mass is 9.88. The van der Waals surface area contributed by atoms with Crippen LogP contribution in [0.4, 0.5) is 8.78 Å². The molecule has 0 aromatic heterocycles. The maximum atomic E-state index is 14.6. The molecule has 0 aliphatic carbocycles. The molecule has 1 aliphatic rings. The minimum Gasteiger partial charge on any atom is -0.490 e. The van der Waals surface area contributed by atoms with E-state index in [1.54, 1.807) is 6.07 Å². The summed E-state index contributed by atoms with van der Waals surface area (Å²) in [6.07, 6.45) is 4.26. The van der Waals surface area contributed by atoms with Crippen molar-refractivity contribution < 1.29 is 18.3 Å². The fourth-order valence-corrected chi connectivity index (χ4v) is 4.16. The smallest absolute Gasteiger partial charge is 0.200 e. The Hall–Kier alpha value is -1.59. The van der Waals surface area contributed by atoms with Gasteiger partial charge >= 0.3 is 0 Å². The van der Waals surface area contributed by atoms with Crippen LogP contribution in [-0.2, 0) is 11.2 Å². The zero-order chi connectivity index (χ0) is 20.1. The lowest BCUT2D eigenvalue weighted by Gasteiger charge is -2.35. The SMILES string of the molecule is CCCOc1ccc(C2CCC(c3ccc(CCC)cc3)OC2S)c(F)c1F. The number of ether oxygens (including phenoxy) is 2. The molecule has 0 radical (unpaired) electrons. The second-order valence-electron chi connectivity index (χ2n) is 7.32. The number of thiol groups is 1. The normalized spacial score (nSPS) is 22.2. The molecular formula is C23H28F2O2S. The van der Waals surface area contributed by atoms with E-state index < -0.39 is 17.1 Å². The van der Waals surface area contributed by atoms with E-state index in [0.717, 1.165) is 31.2 Å². The first-order chi connectivity index (χ1) is 13.5. The van der Waals surface area contributed by atoms with Crippen molar-refractivity contribution in [2.45, 2.75) is 63.4 Å². The van der Waals surface area contributed by atoms with Crippen molar-refractivity contribution in [1.82, 2.24) is 0 Å². The number of aryl methyl sites for hydroxylation is 1. The van der Waals surface area contributed by atoms with Gasteiger partial charge in [-0.15, -0.1) is 12.6 Å². The van der Waals surface area contributed by atoms with Gasteiger partial charge in [0.2, 0.25) is 5.82 Å². The molecule has 152 valence electrons. The van der Waals surface area contributed by atoms with Gasteiger partial charge in [0.15, 0.2) is 11.6 Å². The van der Waals surface area contributed by atoms with Gasteiger partial charge in [0.05, 0.1) is 12.7 Å². The monoisotopic (exact) mass is 406 g/mol. The Kier molecular flexibility index (Phi) is 7.36. The highest BCUT2D eigenvalue weighted by molar-refractivity contribution is 7.80. The second-order valence-corrected chi connectivity index (χ2v) is 7.83. The lowest BCUT2D eigenvalue weighted by molar-refractivity contribution is -0.0178. The van der Waals surface area contributed by atoms with Gasteiger partial charge in [0, 0.05) is 5.92 Å². The zero-order valence-electron chi connectivity index (χ0n) is 16.5. The van der Waals surface area contributed by atoms with Crippen molar-refractivity contribution in [2.24, 2.45) is 0 Å². The van der Waals surface area contributed by atoms with Crippen molar-refractivity contribution in [2.75, 3.05) is 6.61 Å². The zero-order valence-corrected chi connectivity index (χ0v) is 17.4. The molecule has 1 fully saturated rings. The molecule has 0 spiro atoms. The molecule has 3 unspecified atom stereocenters. The fourth-order valence-electron chi connectivity index (χ4n) is 3.70. The summed E-state index contributed by atoms with van der Waals surface area (Å²) in [6, 6.07) is 11.5. The van der Waals surface area contributed by atoms with Crippen LogP contribution in [0, 0.1) is 11.6 Å². The molecule has 2 aromatic rings. The highest BCUT2D eigenvalue weighted by atomic mass is 32.1. The average Bonchev–Trinajstić information content (AvgIpc) is 2.70. The molecular weight excluding hydrogens is 378 g/mol. The van der Waals surface area contributed by atoms with Crippen molar-refractivity contribution in [3.8, 4) is 5.75 Å². The van der Waals surface area contributed by atoms with E-state index in [4.69, 9.17) is 9.47 Å². The van der Waals surface area contributed by atoms with Gasteiger partial charge in [-0.3, -0.25) is 0 Å². The molecule has 2 aromatic carbocycles. The standard InChI is InChI=1S/C23H28F2O2S/c1-3-5-15-6-8-16(9-7-15)19-12-11-18(23(28)27-19)17-10-13-20(26-14-4-2)22(25)21(17)24/h6-10,13,18-19,23,28H,3-5,11-12,14H2,1-2H3. The Bertz CT molecular complexity index is 779. The summed E-state index contributed by atoms with van der Waals surface area (Å²) < 4.78 is 40.3. The minimum atomic E-state index is -0.930. The van der Waals surface area contributed by atoms with E-state index in [2.05, 4.69) is 43.8 Å².